The Kier molecular flexibility index (Phi) is 4.37. The second kappa shape index (κ2) is 5.56. The Labute approximate surface area is 95.2 Å². The molecule has 0 aromatic heterocycles. The lowest BCUT2D eigenvalue weighted by molar-refractivity contribution is 0.229. The number of carbonyl (C=O) groups excluding carboxylic acids is 1. The maximum absolute atomic E-state index is 11.0. The molecule has 3 heteroatoms. The summed E-state index contributed by atoms with van der Waals surface area (Å²) in [7, 11) is 0. The summed E-state index contributed by atoms with van der Waals surface area (Å²) < 4.78 is 0. The molecule has 0 aliphatic carbocycles. The summed E-state index contributed by atoms with van der Waals surface area (Å²) in [5, 5.41) is -0.461. The van der Waals surface area contributed by atoms with Crippen molar-refractivity contribution in [3.8, 4) is 0 Å². The first-order valence-electron chi connectivity index (χ1n) is 4.82. The molecular formula is C12H14ClNO. The van der Waals surface area contributed by atoms with Crippen molar-refractivity contribution in [1.29, 1.82) is 0 Å². The predicted octanol–water partition coefficient (Wildman–Crippen LogP) is 3.73. The van der Waals surface area contributed by atoms with Crippen LogP contribution >= 0.6 is 11.6 Å². The Hall–Kier alpha value is -1.28. The summed E-state index contributed by atoms with van der Waals surface area (Å²) in [4.78, 5) is 12.5. The minimum Gasteiger partial charge on any atom is -0.303 e. The SMILES string of the molecule is CC(C)N(C=Cc1ccccc1)C(=O)Cl. The van der Waals surface area contributed by atoms with Crippen LogP contribution in [-0.4, -0.2) is 16.3 Å². The zero-order valence-corrected chi connectivity index (χ0v) is 9.61. The molecule has 0 aliphatic heterocycles. The summed E-state index contributed by atoms with van der Waals surface area (Å²) in [6.45, 7) is 3.82. The zero-order chi connectivity index (χ0) is 11.3. The molecule has 1 rings (SSSR count). The highest BCUT2D eigenvalue weighted by molar-refractivity contribution is 6.63. The summed E-state index contributed by atoms with van der Waals surface area (Å²) in [5.74, 6) is 0. The fourth-order valence-electron chi connectivity index (χ4n) is 1.16. The Morgan fingerprint density at radius 1 is 1.33 bits per heavy atom. The molecule has 1 aromatic carbocycles. The lowest BCUT2D eigenvalue weighted by atomic mass is 10.2. The highest BCUT2D eigenvalue weighted by Crippen LogP contribution is 2.08. The zero-order valence-electron chi connectivity index (χ0n) is 8.85. The maximum atomic E-state index is 11.0. The monoisotopic (exact) mass is 223 g/mol. The molecule has 2 nitrogen and oxygen atoms in total. The molecule has 0 saturated heterocycles. The van der Waals surface area contributed by atoms with Crippen molar-refractivity contribution in [1.82, 2.24) is 4.90 Å². The molecule has 0 aliphatic rings. The van der Waals surface area contributed by atoms with E-state index in [1.54, 1.807) is 6.20 Å². The number of carbonyl (C=O) groups is 1. The normalized spacial score (nSPS) is 10.9. The van der Waals surface area contributed by atoms with E-state index in [-0.39, 0.29) is 6.04 Å². The van der Waals surface area contributed by atoms with Gasteiger partial charge in [-0.15, -0.1) is 0 Å². The van der Waals surface area contributed by atoms with Gasteiger partial charge in [-0.2, -0.15) is 0 Å². The largest absolute Gasteiger partial charge is 0.320 e. The molecule has 15 heavy (non-hydrogen) atoms. The van der Waals surface area contributed by atoms with Crippen LogP contribution in [0.1, 0.15) is 19.4 Å². The van der Waals surface area contributed by atoms with Crippen LogP contribution in [0.5, 0.6) is 0 Å². The lowest BCUT2D eigenvalue weighted by Crippen LogP contribution is -2.27. The molecule has 80 valence electrons. The van der Waals surface area contributed by atoms with Gasteiger partial charge in [0.05, 0.1) is 0 Å². The third-order valence-corrected chi connectivity index (χ3v) is 2.18. The molecule has 0 spiro atoms. The van der Waals surface area contributed by atoms with Crippen LogP contribution in [0.25, 0.3) is 6.08 Å². The van der Waals surface area contributed by atoms with Crippen molar-refractivity contribution >= 4 is 23.0 Å². The molecule has 0 N–H and O–H groups in total. The number of halogens is 1. The van der Waals surface area contributed by atoms with Crippen LogP contribution in [0.4, 0.5) is 4.79 Å². The third kappa shape index (κ3) is 3.76. The van der Waals surface area contributed by atoms with Crippen LogP contribution in [0.15, 0.2) is 36.5 Å². The van der Waals surface area contributed by atoms with E-state index in [9.17, 15) is 4.79 Å². The van der Waals surface area contributed by atoms with Gasteiger partial charge in [-0.25, -0.2) is 0 Å². The van der Waals surface area contributed by atoms with E-state index in [1.807, 2.05) is 50.3 Å². The van der Waals surface area contributed by atoms with Gasteiger partial charge in [-0.1, -0.05) is 30.3 Å². The summed E-state index contributed by atoms with van der Waals surface area (Å²) in [6, 6.07) is 9.84. The van der Waals surface area contributed by atoms with Gasteiger partial charge in [0.25, 0.3) is 0 Å². The van der Waals surface area contributed by atoms with Crippen molar-refractivity contribution in [3.05, 3.63) is 42.1 Å². The van der Waals surface area contributed by atoms with Crippen LogP contribution in [-0.2, 0) is 0 Å². The van der Waals surface area contributed by atoms with Gasteiger partial charge >= 0.3 is 5.37 Å². The number of amides is 1. The van der Waals surface area contributed by atoms with Gasteiger partial charge in [0, 0.05) is 12.2 Å². The van der Waals surface area contributed by atoms with Gasteiger partial charge in [0.15, 0.2) is 0 Å². The van der Waals surface area contributed by atoms with Gasteiger partial charge in [0.2, 0.25) is 0 Å². The van der Waals surface area contributed by atoms with E-state index < -0.39 is 5.37 Å². The van der Waals surface area contributed by atoms with Gasteiger partial charge in [0.1, 0.15) is 0 Å². The summed E-state index contributed by atoms with van der Waals surface area (Å²) in [6.07, 6.45) is 3.57. The number of rotatable bonds is 3. The minimum absolute atomic E-state index is 0.0648. The standard InChI is InChI=1S/C12H14ClNO/c1-10(2)14(12(13)15)9-8-11-6-4-3-5-7-11/h3-10H,1-2H3. The van der Waals surface area contributed by atoms with Crippen molar-refractivity contribution in [2.45, 2.75) is 19.9 Å². The lowest BCUT2D eigenvalue weighted by Gasteiger charge is -2.18. The first-order valence-corrected chi connectivity index (χ1v) is 5.20. The summed E-state index contributed by atoms with van der Waals surface area (Å²) >= 11 is 5.44. The first-order chi connectivity index (χ1) is 7.11. The highest BCUT2D eigenvalue weighted by Gasteiger charge is 2.10. The fourth-order valence-corrected chi connectivity index (χ4v) is 1.42. The van der Waals surface area contributed by atoms with E-state index in [2.05, 4.69) is 0 Å². The van der Waals surface area contributed by atoms with Crippen molar-refractivity contribution < 1.29 is 4.79 Å². The van der Waals surface area contributed by atoms with E-state index in [0.29, 0.717) is 0 Å². The van der Waals surface area contributed by atoms with Crippen molar-refractivity contribution in [2.75, 3.05) is 0 Å². The van der Waals surface area contributed by atoms with Crippen molar-refractivity contribution in [3.63, 3.8) is 0 Å². The second-order valence-corrected chi connectivity index (χ2v) is 3.80. The van der Waals surface area contributed by atoms with E-state index in [4.69, 9.17) is 11.6 Å². The summed E-state index contributed by atoms with van der Waals surface area (Å²) in [5.41, 5.74) is 1.04. The molecule has 0 saturated carbocycles. The quantitative estimate of drug-likeness (QED) is 0.565. The van der Waals surface area contributed by atoms with Crippen LogP contribution in [0.2, 0.25) is 0 Å². The minimum atomic E-state index is -0.461. The Balaban J connectivity index is 2.75. The Morgan fingerprint density at radius 3 is 2.40 bits per heavy atom. The highest BCUT2D eigenvalue weighted by atomic mass is 35.5. The fraction of sp³-hybridized carbons (Fsp3) is 0.250. The van der Waals surface area contributed by atoms with Gasteiger partial charge in [-0.3, -0.25) is 4.79 Å². The number of hydrogen-bond donors (Lipinski definition) is 0. The molecule has 0 radical (unpaired) electrons. The predicted molar refractivity (Wildman–Crippen MR) is 63.7 cm³/mol. The van der Waals surface area contributed by atoms with Gasteiger partial charge < -0.3 is 4.90 Å². The topological polar surface area (TPSA) is 20.3 Å². The van der Waals surface area contributed by atoms with E-state index >= 15 is 0 Å². The molecule has 0 unspecified atom stereocenters. The van der Waals surface area contributed by atoms with Crippen molar-refractivity contribution in [2.24, 2.45) is 0 Å². The maximum Gasteiger partial charge on any atom is 0.320 e. The van der Waals surface area contributed by atoms with Crippen LogP contribution < -0.4 is 0 Å². The molecule has 0 heterocycles. The van der Waals surface area contributed by atoms with Crippen LogP contribution in [0, 0.1) is 0 Å². The van der Waals surface area contributed by atoms with E-state index in [1.165, 1.54) is 4.90 Å². The first kappa shape index (κ1) is 11.8. The smallest absolute Gasteiger partial charge is 0.303 e. The molecule has 1 amide bonds. The van der Waals surface area contributed by atoms with Crippen LogP contribution in [0.3, 0.4) is 0 Å². The number of hydrogen-bond acceptors (Lipinski definition) is 1. The average Bonchev–Trinajstić information content (AvgIpc) is 2.18. The molecular weight excluding hydrogens is 210 g/mol. The Morgan fingerprint density at radius 2 is 1.93 bits per heavy atom. The second-order valence-electron chi connectivity index (χ2n) is 3.48. The Bertz CT molecular complexity index is 346. The molecule has 0 atom stereocenters. The molecule has 1 aromatic rings. The van der Waals surface area contributed by atoms with E-state index in [0.717, 1.165) is 5.56 Å². The number of benzene rings is 1. The number of nitrogens with zero attached hydrogens (tertiary/aromatic N) is 1. The third-order valence-electron chi connectivity index (χ3n) is 1.99. The molecule has 0 fully saturated rings. The van der Waals surface area contributed by atoms with Gasteiger partial charge in [-0.05, 0) is 37.1 Å². The molecule has 0 bridgehead atoms. The average molecular weight is 224 g/mol.